The number of rotatable bonds is 2. The van der Waals surface area contributed by atoms with E-state index in [1.807, 2.05) is 0 Å². The minimum Gasteiger partial charge on any atom is -0.380 e. The zero-order chi connectivity index (χ0) is 12.0. The Balaban J connectivity index is 1.81. The van der Waals surface area contributed by atoms with Crippen LogP contribution in [0.2, 0.25) is 0 Å². The lowest BCUT2D eigenvalue weighted by Crippen LogP contribution is -2.26. The van der Waals surface area contributed by atoms with Gasteiger partial charge in [-0.05, 0) is 87.6 Å². The lowest BCUT2D eigenvalue weighted by atomic mass is 9.95. The Kier molecular flexibility index (Phi) is 3.24. The van der Waals surface area contributed by atoms with E-state index in [-0.39, 0.29) is 0 Å². The largest absolute Gasteiger partial charge is 0.380 e. The molecule has 3 atom stereocenters. The van der Waals surface area contributed by atoms with E-state index in [1.54, 1.807) is 0 Å². The molecule has 2 fully saturated rings. The van der Waals surface area contributed by atoms with Crippen LogP contribution in [0.1, 0.15) is 31.2 Å². The Morgan fingerprint density at radius 2 is 1.82 bits per heavy atom. The molecule has 3 unspecified atom stereocenters. The number of fused-ring (bicyclic) bond motifs is 2. The highest BCUT2D eigenvalue weighted by atomic mass is 79.9. The molecule has 2 bridgehead atoms. The molecule has 2 saturated carbocycles. The van der Waals surface area contributed by atoms with Gasteiger partial charge >= 0.3 is 0 Å². The molecule has 1 nitrogen and oxygen atoms in total. The maximum atomic E-state index is 3.74. The Labute approximate surface area is 120 Å². The van der Waals surface area contributed by atoms with Crippen LogP contribution in [0, 0.1) is 18.8 Å². The van der Waals surface area contributed by atoms with Gasteiger partial charge in [0.25, 0.3) is 0 Å². The van der Waals surface area contributed by atoms with Gasteiger partial charge in [0.15, 0.2) is 0 Å². The van der Waals surface area contributed by atoms with Crippen molar-refractivity contribution >= 4 is 37.5 Å². The van der Waals surface area contributed by atoms with Crippen molar-refractivity contribution in [2.75, 3.05) is 5.32 Å². The van der Waals surface area contributed by atoms with Gasteiger partial charge in [-0.25, -0.2) is 0 Å². The molecule has 1 aromatic rings. The summed E-state index contributed by atoms with van der Waals surface area (Å²) in [5.41, 5.74) is 2.51. The molecule has 0 radical (unpaired) electrons. The van der Waals surface area contributed by atoms with Gasteiger partial charge in [-0.3, -0.25) is 0 Å². The molecule has 0 spiro atoms. The number of benzene rings is 1. The van der Waals surface area contributed by atoms with Crippen LogP contribution in [0.25, 0.3) is 0 Å². The van der Waals surface area contributed by atoms with E-state index in [0.717, 1.165) is 11.8 Å². The van der Waals surface area contributed by atoms with Crippen LogP contribution in [0.5, 0.6) is 0 Å². The SMILES string of the molecule is Cc1cc(Br)c(NC2CC3CCC2C3)c(Br)c1. The van der Waals surface area contributed by atoms with E-state index in [4.69, 9.17) is 0 Å². The summed E-state index contributed by atoms with van der Waals surface area (Å²) in [6, 6.07) is 5.05. The van der Waals surface area contributed by atoms with Gasteiger partial charge in [-0.2, -0.15) is 0 Å². The van der Waals surface area contributed by atoms with Gasteiger partial charge in [0.2, 0.25) is 0 Å². The second-order valence-corrected chi connectivity index (χ2v) is 7.24. The predicted octanol–water partition coefficient (Wildman–Crippen LogP) is 5.12. The number of nitrogens with one attached hydrogen (secondary N) is 1. The van der Waals surface area contributed by atoms with Crippen LogP contribution >= 0.6 is 31.9 Å². The lowest BCUT2D eigenvalue weighted by molar-refractivity contribution is 0.439. The highest BCUT2D eigenvalue weighted by Gasteiger charge is 2.39. The molecule has 92 valence electrons. The molecule has 0 heterocycles. The van der Waals surface area contributed by atoms with Gasteiger partial charge in [0.05, 0.1) is 5.69 Å². The van der Waals surface area contributed by atoms with Crippen LogP contribution in [-0.4, -0.2) is 6.04 Å². The van der Waals surface area contributed by atoms with E-state index < -0.39 is 0 Å². The number of hydrogen-bond acceptors (Lipinski definition) is 1. The van der Waals surface area contributed by atoms with Gasteiger partial charge in [-0.15, -0.1) is 0 Å². The molecule has 0 aromatic heterocycles. The van der Waals surface area contributed by atoms with Crippen LogP contribution in [0.3, 0.4) is 0 Å². The Bertz CT molecular complexity index is 421. The fourth-order valence-corrected chi connectivity index (χ4v) is 5.09. The maximum absolute atomic E-state index is 3.74. The quantitative estimate of drug-likeness (QED) is 0.773. The van der Waals surface area contributed by atoms with E-state index in [9.17, 15) is 0 Å². The number of aryl methyl sites for hydroxylation is 1. The van der Waals surface area contributed by atoms with Crippen molar-refractivity contribution in [1.29, 1.82) is 0 Å². The summed E-state index contributed by atoms with van der Waals surface area (Å²) in [4.78, 5) is 0. The highest BCUT2D eigenvalue weighted by Crippen LogP contribution is 2.46. The van der Waals surface area contributed by atoms with Crippen LogP contribution in [0.15, 0.2) is 21.1 Å². The summed E-state index contributed by atoms with van der Waals surface area (Å²) < 4.78 is 2.35. The minimum absolute atomic E-state index is 0.684. The molecule has 2 aliphatic rings. The summed E-state index contributed by atoms with van der Waals surface area (Å²) in [6.45, 7) is 2.12. The normalized spacial score (nSPS) is 30.9. The average molecular weight is 359 g/mol. The fourth-order valence-electron chi connectivity index (χ4n) is 3.44. The van der Waals surface area contributed by atoms with Crippen molar-refractivity contribution in [3.8, 4) is 0 Å². The first-order valence-corrected chi connectivity index (χ1v) is 7.94. The third-order valence-electron chi connectivity index (χ3n) is 4.25. The maximum Gasteiger partial charge on any atom is 0.0631 e. The second kappa shape index (κ2) is 4.58. The van der Waals surface area contributed by atoms with Crippen molar-refractivity contribution in [2.24, 2.45) is 11.8 Å². The van der Waals surface area contributed by atoms with Crippen molar-refractivity contribution in [2.45, 2.75) is 38.6 Å². The third kappa shape index (κ3) is 2.28. The smallest absolute Gasteiger partial charge is 0.0631 e. The van der Waals surface area contributed by atoms with Crippen molar-refractivity contribution < 1.29 is 0 Å². The van der Waals surface area contributed by atoms with Crippen LogP contribution in [0.4, 0.5) is 5.69 Å². The first-order chi connectivity index (χ1) is 8.13. The topological polar surface area (TPSA) is 12.0 Å². The molecule has 0 amide bonds. The number of hydrogen-bond donors (Lipinski definition) is 1. The molecule has 0 saturated heterocycles. The van der Waals surface area contributed by atoms with Gasteiger partial charge in [0.1, 0.15) is 0 Å². The molecule has 1 aromatic carbocycles. The Morgan fingerprint density at radius 1 is 1.12 bits per heavy atom. The zero-order valence-corrected chi connectivity index (χ0v) is 13.1. The van der Waals surface area contributed by atoms with E-state index in [2.05, 4.69) is 56.2 Å². The van der Waals surface area contributed by atoms with Crippen LogP contribution < -0.4 is 5.32 Å². The summed E-state index contributed by atoms with van der Waals surface area (Å²) in [6.07, 6.45) is 5.68. The van der Waals surface area contributed by atoms with E-state index >= 15 is 0 Å². The first-order valence-electron chi connectivity index (χ1n) is 6.35. The molecule has 3 rings (SSSR count). The predicted molar refractivity (Wildman–Crippen MR) is 79.4 cm³/mol. The Morgan fingerprint density at radius 3 is 2.35 bits per heavy atom. The highest BCUT2D eigenvalue weighted by molar-refractivity contribution is 9.11. The summed E-state index contributed by atoms with van der Waals surface area (Å²) in [5, 5.41) is 3.74. The summed E-state index contributed by atoms with van der Waals surface area (Å²) in [5.74, 6) is 1.89. The molecular weight excluding hydrogens is 342 g/mol. The van der Waals surface area contributed by atoms with E-state index in [0.29, 0.717) is 6.04 Å². The summed E-state index contributed by atoms with van der Waals surface area (Å²) >= 11 is 7.33. The van der Waals surface area contributed by atoms with E-state index in [1.165, 1.54) is 45.9 Å². The van der Waals surface area contributed by atoms with Crippen molar-refractivity contribution in [1.82, 2.24) is 0 Å². The standard InChI is InChI=1S/C14H17Br2N/c1-8-4-11(15)14(12(16)5-8)17-13-7-9-2-3-10(13)6-9/h4-5,9-10,13,17H,2-3,6-7H2,1H3. The molecule has 0 aliphatic heterocycles. The molecule has 3 heteroatoms. The molecular formula is C14H17Br2N. The zero-order valence-electron chi connectivity index (χ0n) is 9.97. The fraction of sp³-hybridized carbons (Fsp3) is 0.571. The third-order valence-corrected chi connectivity index (χ3v) is 5.51. The molecule has 1 N–H and O–H groups in total. The van der Waals surface area contributed by atoms with Crippen LogP contribution in [-0.2, 0) is 0 Å². The first kappa shape index (κ1) is 12.0. The minimum atomic E-state index is 0.684. The lowest BCUT2D eigenvalue weighted by Gasteiger charge is -2.25. The number of anilines is 1. The average Bonchev–Trinajstić information content (AvgIpc) is 2.84. The van der Waals surface area contributed by atoms with Gasteiger partial charge < -0.3 is 5.32 Å². The molecule has 2 aliphatic carbocycles. The monoisotopic (exact) mass is 357 g/mol. The van der Waals surface area contributed by atoms with Gasteiger partial charge in [0, 0.05) is 15.0 Å². The van der Waals surface area contributed by atoms with Crippen molar-refractivity contribution in [3.05, 3.63) is 26.6 Å². The van der Waals surface area contributed by atoms with Gasteiger partial charge in [-0.1, -0.05) is 6.42 Å². The Hall–Kier alpha value is -0.0200. The number of halogens is 2. The second-order valence-electron chi connectivity index (χ2n) is 5.53. The summed E-state index contributed by atoms with van der Waals surface area (Å²) in [7, 11) is 0. The van der Waals surface area contributed by atoms with Crippen molar-refractivity contribution in [3.63, 3.8) is 0 Å². The molecule has 17 heavy (non-hydrogen) atoms.